The summed E-state index contributed by atoms with van der Waals surface area (Å²) in [7, 11) is 0. The van der Waals surface area contributed by atoms with Gasteiger partial charge in [0.2, 0.25) is 0 Å². The lowest BCUT2D eigenvalue weighted by molar-refractivity contribution is -0.174. The summed E-state index contributed by atoms with van der Waals surface area (Å²) in [5, 5.41) is 9.61. The second kappa shape index (κ2) is 13.1. The summed E-state index contributed by atoms with van der Waals surface area (Å²) in [6, 6.07) is 9.39. The van der Waals surface area contributed by atoms with Gasteiger partial charge in [0.1, 0.15) is 6.61 Å². The van der Waals surface area contributed by atoms with E-state index in [4.69, 9.17) is 9.47 Å². The highest BCUT2D eigenvalue weighted by atomic mass is 16.6. The number of carboxylic acids is 1. The minimum absolute atomic E-state index is 0.158. The Kier molecular flexibility index (Phi) is 10.5. The van der Waals surface area contributed by atoms with E-state index in [1.165, 1.54) is 0 Å². The van der Waals surface area contributed by atoms with Gasteiger partial charge in [0.25, 0.3) is 0 Å². The van der Waals surface area contributed by atoms with Crippen molar-refractivity contribution in [1.82, 2.24) is 0 Å². The zero-order chi connectivity index (χ0) is 22.6. The summed E-state index contributed by atoms with van der Waals surface area (Å²) < 4.78 is 10.9. The molecule has 1 aromatic carbocycles. The zero-order valence-corrected chi connectivity index (χ0v) is 18.8. The molecule has 0 radical (unpaired) electrons. The van der Waals surface area contributed by atoms with Gasteiger partial charge in [-0.3, -0.25) is 9.59 Å². The first-order valence-corrected chi connectivity index (χ1v) is 11.6. The molecule has 2 rings (SSSR count). The van der Waals surface area contributed by atoms with Gasteiger partial charge in [-0.2, -0.15) is 0 Å². The number of rotatable bonds is 12. The predicted molar refractivity (Wildman–Crippen MR) is 117 cm³/mol. The summed E-state index contributed by atoms with van der Waals surface area (Å²) in [4.78, 5) is 37.3. The van der Waals surface area contributed by atoms with Gasteiger partial charge in [-0.05, 0) is 30.7 Å². The van der Waals surface area contributed by atoms with Crippen molar-refractivity contribution in [2.24, 2.45) is 17.8 Å². The van der Waals surface area contributed by atoms with Crippen molar-refractivity contribution < 1.29 is 29.0 Å². The van der Waals surface area contributed by atoms with Crippen molar-refractivity contribution in [3.63, 3.8) is 0 Å². The van der Waals surface area contributed by atoms with Crippen molar-refractivity contribution in [2.75, 3.05) is 0 Å². The lowest BCUT2D eigenvalue weighted by atomic mass is 9.79. The summed E-state index contributed by atoms with van der Waals surface area (Å²) in [6.45, 7) is 4.29. The number of hydrogen-bond donors (Lipinski definition) is 1. The number of carbonyl (C=O) groups excluding carboxylic acids is 2. The smallest absolute Gasteiger partial charge is 0.345 e. The molecular formula is C25H36O6. The zero-order valence-electron chi connectivity index (χ0n) is 18.8. The third-order valence-corrected chi connectivity index (χ3v) is 6.22. The van der Waals surface area contributed by atoms with E-state index in [2.05, 4.69) is 6.92 Å². The molecule has 1 aliphatic carbocycles. The lowest BCUT2D eigenvalue weighted by Crippen LogP contribution is -2.38. The standard InChI is InChI=1S/C25H36O6/c1-3-5-11-18(4-2)16-22(23(26)27)31-25(29)21-15-10-9-14-20(21)24(28)30-17-19-12-7-6-8-13-19/h6-8,12-13,18,20-22H,3-5,9-11,14-17H2,1-2H3,(H,26,27). The third kappa shape index (κ3) is 8.00. The second-order valence-electron chi connectivity index (χ2n) is 8.51. The van der Waals surface area contributed by atoms with Gasteiger partial charge < -0.3 is 14.6 Å². The Morgan fingerprint density at radius 2 is 1.68 bits per heavy atom. The number of hydrogen-bond acceptors (Lipinski definition) is 5. The first kappa shape index (κ1) is 24.9. The van der Waals surface area contributed by atoms with Crippen molar-refractivity contribution in [1.29, 1.82) is 0 Å². The van der Waals surface area contributed by atoms with E-state index in [1.54, 1.807) is 0 Å². The molecule has 1 saturated carbocycles. The first-order valence-electron chi connectivity index (χ1n) is 11.6. The van der Waals surface area contributed by atoms with Crippen LogP contribution in [0.25, 0.3) is 0 Å². The molecule has 0 spiro atoms. The van der Waals surface area contributed by atoms with Crippen molar-refractivity contribution in [2.45, 2.75) is 84.3 Å². The van der Waals surface area contributed by atoms with Crippen LogP contribution in [0.1, 0.15) is 77.2 Å². The summed E-state index contributed by atoms with van der Waals surface area (Å²) in [6.07, 6.45) is 5.71. The Morgan fingerprint density at radius 1 is 1.03 bits per heavy atom. The molecule has 0 bridgehead atoms. The fourth-order valence-electron chi connectivity index (χ4n) is 4.24. The number of esters is 2. The molecule has 0 aliphatic heterocycles. The molecule has 4 atom stereocenters. The normalized spacial score (nSPS) is 20.5. The average Bonchev–Trinajstić information content (AvgIpc) is 2.79. The molecule has 0 amide bonds. The van der Waals surface area contributed by atoms with Crippen molar-refractivity contribution >= 4 is 17.9 Å². The molecular weight excluding hydrogens is 396 g/mol. The number of ether oxygens (including phenoxy) is 2. The highest BCUT2D eigenvalue weighted by molar-refractivity contribution is 5.84. The SMILES string of the molecule is CCCCC(CC)CC(OC(=O)C1CCCCC1C(=O)OCc1ccccc1)C(=O)O. The van der Waals surface area contributed by atoms with Crippen molar-refractivity contribution in [3.8, 4) is 0 Å². The molecule has 6 heteroatoms. The maximum Gasteiger partial charge on any atom is 0.345 e. The van der Waals surface area contributed by atoms with Gasteiger partial charge in [-0.25, -0.2) is 4.79 Å². The number of carboxylic acid groups (broad SMARTS) is 1. The molecule has 1 aliphatic rings. The van der Waals surface area contributed by atoms with E-state index in [-0.39, 0.29) is 12.5 Å². The van der Waals surface area contributed by atoms with Crippen LogP contribution in [0, 0.1) is 17.8 Å². The fraction of sp³-hybridized carbons (Fsp3) is 0.640. The van der Waals surface area contributed by atoms with Crippen molar-refractivity contribution in [3.05, 3.63) is 35.9 Å². The minimum atomic E-state index is -1.17. The number of benzene rings is 1. The molecule has 1 aromatic rings. The molecule has 172 valence electrons. The summed E-state index contributed by atoms with van der Waals surface area (Å²) in [5.74, 6) is -3.14. The molecule has 0 heterocycles. The predicted octanol–water partition coefficient (Wildman–Crippen LogP) is 5.14. The van der Waals surface area contributed by atoms with Gasteiger partial charge in [0, 0.05) is 0 Å². The number of unbranched alkanes of at least 4 members (excludes halogenated alkanes) is 1. The van der Waals surface area contributed by atoms with Gasteiger partial charge in [0.05, 0.1) is 11.8 Å². The number of aliphatic carboxylic acids is 1. The molecule has 1 fully saturated rings. The van der Waals surface area contributed by atoms with Crippen LogP contribution in [0.3, 0.4) is 0 Å². The van der Waals surface area contributed by atoms with E-state index >= 15 is 0 Å². The Bertz CT molecular complexity index is 701. The maximum atomic E-state index is 12.9. The van der Waals surface area contributed by atoms with E-state index in [9.17, 15) is 19.5 Å². The molecule has 4 unspecified atom stereocenters. The van der Waals surface area contributed by atoms with E-state index in [0.717, 1.165) is 44.1 Å². The van der Waals surface area contributed by atoms with Crippen LogP contribution in [-0.2, 0) is 30.5 Å². The van der Waals surface area contributed by atoms with Gasteiger partial charge in [0.15, 0.2) is 6.10 Å². The Morgan fingerprint density at radius 3 is 2.26 bits per heavy atom. The third-order valence-electron chi connectivity index (χ3n) is 6.22. The Labute approximate surface area is 185 Å². The average molecular weight is 433 g/mol. The molecule has 6 nitrogen and oxygen atoms in total. The Hall–Kier alpha value is -2.37. The van der Waals surface area contributed by atoms with Crippen LogP contribution in [-0.4, -0.2) is 29.1 Å². The van der Waals surface area contributed by atoms with Gasteiger partial charge in [-0.15, -0.1) is 0 Å². The van der Waals surface area contributed by atoms with Crippen LogP contribution in [0.5, 0.6) is 0 Å². The quantitative estimate of drug-likeness (QED) is 0.460. The van der Waals surface area contributed by atoms with E-state index in [0.29, 0.717) is 19.3 Å². The molecule has 0 saturated heterocycles. The fourth-order valence-corrected chi connectivity index (χ4v) is 4.24. The van der Waals surface area contributed by atoms with E-state index < -0.39 is 35.8 Å². The van der Waals surface area contributed by atoms with Crippen LogP contribution >= 0.6 is 0 Å². The highest BCUT2D eigenvalue weighted by Crippen LogP contribution is 2.33. The topological polar surface area (TPSA) is 89.9 Å². The van der Waals surface area contributed by atoms with Crippen LogP contribution < -0.4 is 0 Å². The van der Waals surface area contributed by atoms with Gasteiger partial charge >= 0.3 is 17.9 Å². The monoisotopic (exact) mass is 432 g/mol. The van der Waals surface area contributed by atoms with Crippen LogP contribution in [0.4, 0.5) is 0 Å². The molecule has 0 aromatic heterocycles. The number of carbonyl (C=O) groups is 3. The second-order valence-corrected chi connectivity index (χ2v) is 8.51. The van der Waals surface area contributed by atoms with Crippen LogP contribution in [0.15, 0.2) is 30.3 Å². The maximum absolute atomic E-state index is 12.9. The summed E-state index contributed by atoms with van der Waals surface area (Å²) >= 11 is 0. The van der Waals surface area contributed by atoms with E-state index in [1.807, 2.05) is 37.3 Å². The Balaban J connectivity index is 1.98. The minimum Gasteiger partial charge on any atom is -0.479 e. The first-order chi connectivity index (χ1) is 15.0. The summed E-state index contributed by atoms with van der Waals surface area (Å²) in [5.41, 5.74) is 0.884. The lowest BCUT2D eigenvalue weighted by Gasteiger charge is -2.29. The highest BCUT2D eigenvalue weighted by Gasteiger charge is 2.39. The van der Waals surface area contributed by atoms with Gasteiger partial charge in [-0.1, -0.05) is 82.7 Å². The molecule has 1 N–H and O–H groups in total. The molecule has 31 heavy (non-hydrogen) atoms. The largest absolute Gasteiger partial charge is 0.479 e. The van der Waals surface area contributed by atoms with Crippen LogP contribution in [0.2, 0.25) is 0 Å².